The van der Waals surface area contributed by atoms with Crippen molar-refractivity contribution in [2.45, 2.75) is 19.6 Å². The van der Waals surface area contributed by atoms with Crippen LogP contribution in [0.1, 0.15) is 12.0 Å². The third kappa shape index (κ3) is 7.32. The summed E-state index contributed by atoms with van der Waals surface area (Å²) in [6.07, 6.45) is 0.623. The van der Waals surface area contributed by atoms with Gasteiger partial charge in [-0.15, -0.1) is 24.0 Å². The summed E-state index contributed by atoms with van der Waals surface area (Å²) in [5, 5.41) is 6.15. The van der Waals surface area contributed by atoms with Crippen LogP contribution in [0.15, 0.2) is 17.1 Å². The normalized spacial score (nSPS) is 16.7. The van der Waals surface area contributed by atoms with Gasteiger partial charge in [-0.2, -0.15) is 8.78 Å². The van der Waals surface area contributed by atoms with Gasteiger partial charge in [-0.05, 0) is 18.6 Å². The summed E-state index contributed by atoms with van der Waals surface area (Å²) < 4.78 is 54.6. The molecular weight excluding hydrogens is 552 g/mol. The Morgan fingerprint density at radius 3 is 2.64 bits per heavy atom. The summed E-state index contributed by atoms with van der Waals surface area (Å²) >= 11 is 11.9. The molecule has 160 valence electrons. The van der Waals surface area contributed by atoms with E-state index in [1.54, 1.807) is 0 Å². The average molecular weight is 573 g/mol. The highest BCUT2D eigenvalue weighted by molar-refractivity contribution is 14.0. The van der Waals surface area contributed by atoms with Crippen molar-refractivity contribution in [3.63, 3.8) is 0 Å². The van der Waals surface area contributed by atoms with Crippen molar-refractivity contribution in [2.75, 3.05) is 32.4 Å². The maximum Gasteiger partial charge on any atom is 0.387 e. The number of guanidine groups is 1. The number of rotatable bonds is 7. The van der Waals surface area contributed by atoms with Crippen molar-refractivity contribution >= 4 is 63.2 Å². The van der Waals surface area contributed by atoms with Gasteiger partial charge in [-0.25, -0.2) is 12.7 Å². The lowest BCUT2D eigenvalue weighted by molar-refractivity contribution is -0.0504. The SMILES string of the molecule is CN=C(NCCN1CCCS1(=O)=O)NCc1cc(Cl)cc(Cl)c1OC(F)F.I. The zero-order valence-corrected chi connectivity index (χ0v) is 19.6. The Morgan fingerprint density at radius 1 is 1.36 bits per heavy atom. The zero-order valence-electron chi connectivity index (χ0n) is 14.9. The molecule has 1 heterocycles. The minimum atomic E-state index is -3.16. The summed E-state index contributed by atoms with van der Waals surface area (Å²) in [5.74, 6) is 0.371. The zero-order chi connectivity index (χ0) is 20.0. The summed E-state index contributed by atoms with van der Waals surface area (Å²) in [6.45, 7) is -1.79. The molecule has 0 spiro atoms. The van der Waals surface area contributed by atoms with Crippen LogP contribution >= 0.6 is 47.2 Å². The van der Waals surface area contributed by atoms with Crippen LogP contribution in [0.2, 0.25) is 10.0 Å². The maximum atomic E-state index is 12.6. The van der Waals surface area contributed by atoms with Crippen molar-refractivity contribution in [3.8, 4) is 5.75 Å². The number of benzene rings is 1. The molecule has 1 fully saturated rings. The number of sulfonamides is 1. The Balaban J connectivity index is 0.00000392. The molecule has 0 bridgehead atoms. The molecule has 0 aliphatic carbocycles. The van der Waals surface area contributed by atoms with Crippen LogP contribution in [0, 0.1) is 0 Å². The monoisotopic (exact) mass is 572 g/mol. The number of hydrogen-bond donors (Lipinski definition) is 2. The van der Waals surface area contributed by atoms with Gasteiger partial charge in [0.25, 0.3) is 0 Å². The molecule has 0 atom stereocenters. The van der Waals surface area contributed by atoms with Crippen LogP contribution in [-0.2, 0) is 16.6 Å². The number of hydrogen-bond acceptors (Lipinski definition) is 4. The number of ether oxygens (including phenoxy) is 1. The Morgan fingerprint density at radius 2 is 2.07 bits per heavy atom. The van der Waals surface area contributed by atoms with E-state index in [4.69, 9.17) is 23.2 Å². The molecule has 0 unspecified atom stereocenters. The quantitative estimate of drug-likeness (QED) is 0.298. The molecule has 28 heavy (non-hydrogen) atoms. The molecule has 0 aromatic heterocycles. The molecule has 1 aliphatic heterocycles. The first-order valence-corrected chi connectivity index (χ1v) is 10.4. The molecule has 13 heteroatoms. The van der Waals surface area contributed by atoms with Crippen molar-refractivity contribution < 1.29 is 21.9 Å². The van der Waals surface area contributed by atoms with Crippen LogP contribution in [0.3, 0.4) is 0 Å². The van der Waals surface area contributed by atoms with E-state index < -0.39 is 16.6 Å². The van der Waals surface area contributed by atoms with E-state index in [1.165, 1.54) is 23.5 Å². The lowest BCUT2D eigenvalue weighted by atomic mass is 10.2. The molecular formula is C15H21Cl2F2IN4O3S. The van der Waals surface area contributed by atoms with Gasteiger partial charge in [0.05, 0.1) is 10.8 Å². The third-order valence-electron chi connectivity index (χ3n) is 3.82. The van der Waals surface area contributed by atoms with Crippen LogP contribution < -0.4 is 15.4 Å². The Bertz CT molecular complexity index is 800. The van der Waals surface area contributed by atoms with Crippen LogP contribution in [-0.4, -0.2) is 57.7 Å². The highest BCUT2D eigenvalue weighted by atomic mass is 127. The van der Waals surface area contributed by atoms with Crippen LogP contribution in [0.4, 0.5) is 8.78 Å². The van der Waals surface area contributed by atoms with E-state index in [-0.39, 0.29) is 52.1 Å². The standard InChI is InChI=1S/C15H20Cl2F2N4O3S.HI/c1-20-15(21-3-5-23-4-2-6-27(23,24)25)22-9-10-7-11(16)8-12(17)13(10)26-14(18)19;/h7-8,14H,2-6,9H2,1H3,(H2,20,21,22);1H. The van der Waals surface area contributed by atoms with E-state index in [0.29, 0.717) is 37.6 Å². The van der Waals surface area contributed by atoms with E-state index in [9.17, 15) is 17.2 Å². The van der Waals surface area contributed by atoms with Crippen LogP contribution in [0.25, 0.3) is 0 Å². The molecule has 1 aromatic rings. The molecule has 0 amide bonds. The number of aliphatic imine (C=N–C) groups is 1. The lowest BCUT2D eigenvalue weighted by Crippen LogP contribution is -2.41. The van der Waals surface area contributed by atoms with E-state index >= 15 is 0 Å². The summed E-state index contributed by atoms with van der Waals surface area (Å²) in [6, 6.07) is 2.77. The number of nitrogens with one attached hydrogen (secondary N) is 2. The van der Waals surface area contributed by atoms with Gasteiger partial charge in [0.1, 0.15) is 5.75 Å². The highest BCUT2D eigenvalue weighted by Gasteiger charge is 2.27. The van der Waals surface area contributed by atoms with Crippen molar-refractivity contribution in [3.05, 3.63) is 27.7 Å². The molecule has 0 saturated carbocycles. The smallest absolute Gasteiger partial charge is 0.387 e. The maximum absolute atomic E-state index is 12.6. The molecule has 0 radical (unpaired) electrons. The molecule has 7 nitrogen and oxygen atoms in total. The number of alkyl halides is 2. The number of nitrogens with zero attached hydrogens (tertiary/aromatic N) is 2. The van der Waals surface area contributed by atoms with Gasteiger partial charge in [0.15, 0.2) is 5.96 Å². The van der Waals surface area contributed by atoms with Gasteiger partial charge >= 0.3 is 6.61 Å². The minimum absolute atomic E-state index is 0. The average Bonchev–Trinajstić information content (AvgIpc) is 2.91. The largest absolute Gasteiger partial charge is 0.433 e. The van der Waals surface area contributed by atoms with Crippen molar-refractivity contribution in [1.29, 1.82) is 0 Å². The van der Waals surface area contributed by atoms with Crippen molar-refractivity contribution in [2.24, 2.45) is 4.99 Å². The predicted molar refractivity (Wildman–Crippen MR) is 117 cm³/mol. The van der Waals surface area contributed by atoms with Gasteiger partial charge in [0.2, 0.25) is 10.0 Å². The first-order valence-electron chi connectivity index (χ1n) is 8.08. The lowest BCUT2D eigenvalue weighted by Gasteiger charge is -2.18. The van der Waals surface area contributed by atoms with Gasteiger partial charge < -0.3 is 15.4 Å². The second-order valence-corrected chi connectivity index (χ2v) is 8.61. The van der Waals surface area contributed by atoms with E-state index in [0.717, 1.165) is 0 Å². The van der Waals surface area contributed by atoms with Crippen LogP contribution in [0.5, 0.6) is 5.75 Å². The Hall–Kier alpha value is -0.630. The second-order valence-electron chi connectivity index (χ2n) is 5.68. The third-order valence-corrected chi connectivity index (χ3v) is 6.27. The fraction of sp³-hybridized carbons (Fsp3) is 0.533. The highest BCUT2D eigenvalue weighted by Crippen LogP contribution is 2.33. The summed E-state index contributed by atoms with van der Waals surface area (Å²) in [5.41, 5.74) is 0.331. The molecule has 2 rings (SSSR count). The van der Waals surface area contributed by atoms with Gasteiger partial charge in [-0.3, -0.25) is 4.99 Å². The first kappa shape index (κ1) is 25.4. The first-order chi connectivity index (χ1) is 12.7. The second kappa shape index (κ2) is 11.5. The number of halogens is 5. The van der Waals surface area contributed by atoms with Gasteiger partial charge in [-0.1, -0.05) is 23.2 Å². The van der Waals surface area contributed by atoms with Gasteiger partial charge in [0, 0.05) is 43.8 Å². The molecule has 2 N–H and O–H groups in total. The van der Waals surface area contributed by atoms with E-state index in [1.807, 2.05) is 0 Å². The predicted octanol–water partition coefficient (Wildman–Crippen LogP) is 2.91. The molecule has 1 aliphatic rings. The van der Waals surface area contributed by atoms with E-state index in [2.05, 4.69) is 20.4 Å². The fourth-order valence-electron chi connectivity index (χ4n) is 2.61. The summed E-state index contributed by atoms with van der Waals surface area (Å²) in [4.78, 5) is 4.01. The molecule has 1 saturated heterocycles. The Labute approximate surface area is 189 Å². The van der Waals surface area contributed by atoms with Crippen molar-refractivity contribution in [1.82, 2.24) is 14.9 Å². The summed E-state index contributed by atoms with van der Waals surface area (Å²) in [7, 11) is -1.63. The molecule has 1 aromatic carbocycles. The fourth-order valence-corrected chi connectivity index (χ4v) is 4.72. The Kier molecular flexibility index (Phi) is 10.5. The topological polar surface area (TPSA) is 83.0 Å². The minimum Gasteiger partial charge on any atom is -0.433 e.